The molecule has 0 spiro atoms. The number of nitrogens with zero attached hydrogens (tertiary/aromatic N) is 3. The largest absolute Gasteiger partial charge is 0.365 e. The first-order valence-electron chi connectivity index (χ1n) is 6.13. The fraction of sp³-hybridized carbons (Fsp3) is 0.333. The maximum Gasteiger partial charge on any atom is 0.365 e. The van der Waals surface area contributed by atoms with Crippen molar-refractivity contribution in [1.29, 1.82) is 0 Å². The van der Waals surface area contributed by atoms with E-state index in [2.05, 4.69) is 21.0 Å². The molecule has 8 heteroatoms. The van der Waals surface area contributed by atoms with Gasteiger partial charge in [0.05, 0.1) is 5.69 Å². The Hall–Kier alpha value is -2.48. The van der Waals surface area contributed by atoms with E-state index in [-0.39, 0.29) is 12.5 Å². The number of aryl methyl sites for hydroxylation is 1. The van der Waals surface area contributed by atoms with Crippen LogP contribution < -0.4 is 11.2 Å². The molecule has 2 N–H and O–H groups in total. The molecule has 8 nitrogen and oxygen atoms in total. The van der Waals surface area contributed by atoms with Crippen LogP contribution in [-0.2, 0) is 16.2 Å². The lowest BCUT2D eigenvalue weighted by Gasteiger charge is -2.11. The molecular formula is C12H15N5O3. The van der Waals surface area contributed by atoms with Gasteiger partial charge in [-0.2, -0.15) is 4.68 Å². The van der Waals surface area contributed by atoms with Gasteiger partial charge in [-0.25, -0.2) is 15.4 Å². The van der Waals surface area contributed by atoms with E-state index in [0.717, 1.165) is 15.8 Å². The second-order valence-electron chi connectivity index (χ2n) is 4.16. The Morgan fingerprint density at radius 1 is 1.50 bits per heavy atom. The second kappa shape index (κ2) is 6.11. The van der Waals surface area contributed by atoms with Gasteiger partial charge >= 0.3 is 5.69 Å². The third-order valence-electron chi connectivity index (χ3n) is 2.81. The molecule has 0 atom stereocenters. The third-order valence-corrected chi connectivity index (χ3v) is 2.81. The molecule has 1 amide bonds. The van der Waals surface area contributed by atoms with Crippen molar-refractivity contribution in [1.82, 2.24) is 25.7 Å². The van der Waals surface area contributed by atoms with Crippen molar-refractivity contribution in [2.75, 3.05) is 0 Å². The SMILES string of the molecule is CCC(=O)NOCc1c(C)cccc1-n1nn[nH]c1=O. The summed E-state index contributed by atoms with van der Waals surface area (Å²) in [7, 11) is 0. The van der Waals surface area contributed by atoms with Gasteiger partial charge in [-0.15, -0.1) is 0 Å². The van der Waals surface area contributed by atoms with Gasteiger partial charge in [0.15, 0.2) is 0 Å². The summed E-state index contributed by atoms with van der Waals surface area (Å²) in [4.78, 5) is 27.9. The van der Waals surface area contributed by atoms with Gasteiger partial charge in [0.1, 0.15) is 6.61 Å². The number of hydroxylamine groups is 1. The summed E-state index contributed by atoms with van der Waals surface area (Å²) in [6, 6.07) is 5.42. The minimum absolute atomic E-state index is 0.132. The van der Waals surface area contributed by atoms with Crippen LogP contribution >= 0.6 is 0 Å². The fourth-order valence-corrected chi connectivity index (χ4v) is 1.69. The number of aromatic nitrogens is 4. The van der Waals surface area contributed by atoms with E-state index in [0.29, 0.717) is 12.1 Å². The molecule has 1 aromatic heterocycles. The summed E-state index contributed by atoms with van der Waals surface area (Å²) in [6.07, 6.45) is 0.337. The van der Waals surface area contributed by atoms with Crippen LogP contribution in [0.2, 0.25) is 0 Å². The Morgan fingerprint density at radius 2 is 2.30 bits per heavy atom. The molecule has 2 aromatic rings. The molecule has 0 saturated heterocycles. The molecule has 0 radical (unpaired) electrons. The second-order valence-corrected chi connectivity index (χ2v) is 4.16. The van der Waals surface area contributed by atoms with Gasteiger partial charge in [0.25, 0.3) is 0 Å². The first kappa shape index (κ1) is 13.9. The van der Waals surface area contributed by atoms with E-state index >= 15 is 0 Å². The van der Waals surface area contributed by atoms with E-state index in [1.807, 2.05) is 13.0 Å². The maximum absolute atomic E-state index is 11.6. The van der Waals surface area contributed by atoms with Crippen molar-refractivity contribution < 1.29 is 9.63 Å². The van der Waals surface area contributed by atoms with Crippen LogP contribution in [0.15, 0.2) is 23.0 Å². The molecule has 0 aliphatic carbocycles. The zero-order valence-electron chi connectivity index (χ0n) is 11.2. The molecule has 0 aliphatic rings. The van der Waals surface area contributed by atoms with E-state index in [1.165, 1.54) is 0 Å². The van der Waals surface area contributed by atoms with Crippen molar-refractivity contribution >= 4 is 5.91 Å². The van der Waals surface area contributed by atoms with Crippen molar-refractivity contribution in [2.24, 2.45) is 0 Å². The molecule has 0 saturated carbocycles. The molecule has 0 bridgehead atoms. The predicted molar refractivity (Wildman–Crippen MR) is 69.9 cm³/mol. The Balaban J connectivity index is 2.26. The highest BCUT2D eigenvalue weighted by Gasteiger charge is 2.12. The number of amides is 1. The van der Waals surface area contributed by atoms with Crippen LogP contribution in [0, 0.1) is 6.92 Å². The van der Waals surface area contributed by atoms with Crippen LogP contribution in [0.4, 0.5) is 0 Å². The summed E-state index contributed by atoms with van der Waals surface area (Å²) in [5.74, 6) is -0.210. The fourth-order valence-electron chi connectivity index (χ4n) is 1.69. The van der Waals surface area contributed by atoms with Gasteiger partial charge in [-0.1, -0.05) is 19.1 Å². The van der Waals surface area contributed by atoms with Crippen LogP contribution in [0.5, 0.6) is 0 Å². The van der Waals surface area contributed by atoms with Crippen molar-refractivity contribution in [3.05, 3.63) is 39.8 Å². The van der Waals surface area contributed by atoms with Gasteiger partial charge in [0.2, 0.25) is 5.91 Å². The molecule has 1 aromatic carbocycles. The van der Waals surface area contributed by atoms with Crippen molar-refractivity contribution in [2.45, 2.75) is 26.9 Å². The van der Waals surface area contributed by atoms with E-state index in [9.17, 15) is 9.59 Å². The average molecular weight is 277 g/mol. The number of aromatic amines is 1. The number of carbonyl (C=O) groups excluding carboxylic acids is 1. The summed E-state index contributed by atoms with van der Waals surface area (Å²) in [5, 5.41) is 9.39. The molecule has 0 fully saturated rings. The lowest BCUT2D eigenvalue weighted by Crippen LogP contribution is -2.24. The number of benzene rings is 1. The number of nitrogens with one attached hydrogen (secondary N) is 2. The lowest BCUT2D eigenvalue weighted by molar-refractivity contribution is -0.134. The van der Waals surface area contributed by atoms with E-state index < -0.39 is 5.69 Å². The third kappa shape index (κ3) is 2.91. The first-order valence-corrected chi connectivity index (χ1v) is 6.13. The van der Waals surface area contributed by atoms with E-state index in [4.69, 9.17) is 4.84 Å². The van der Waals surface area contributed by atoms with Crippen LogP contribution in [0.25, 0.3) is 5.69 Å². The quantitative estimate of drug-likeness (QED) is 0.761. The van der Waals surface area contributed by atoms with Crippen LogP contribution in [0.1, 0.15) is 24.5 Å². The number of H-pyrrole nitrogens is 1. The first-order chi connectivity index (χ1) is 9.63. The molecule has 2 rings (SSSR count). The monoisotopic (exact) mass is 277 g/mol. The highest BCUT2D eigenvalue weighted by atomic mass is 16.6. The minimum Gasteiger partial charge on any atom is -0.273 e. The zero-order chi connectivity index (χ0) is 14.5. The van der Waals surface area contributed by atoms with Gasteiger partial charge < -0.3 is 0 Å². The normalized spacial score (nSPS) is 10.5. The molecule has 20 heavy (non-hydrogen) atoms. The summed E-state index contributed by atoms with van der Waals surface area (Å²) < 4.78 is 1.15. The minimum atomic E-state index is -0.436. The molecule has 0 unspecified atom stereocenters. The summed E-state index contributed by atoms with van der Waals surface area (Å²) in [5.41, 5.74) is 4.12. The predicted octanol–water partition coefficient (Wildman–Crippen LogP) is 0.222. The van der Waals surface area contributed by atoms with Gasteiger partial charge in [-0.05, 0) is 29.0 Å². The number of hydrogen-bond acceptors (Lipinski definition) is 5. The summed E-state index contributed by atoms with van der Waals surface area (Å²) >= 11 is 0. The highest BCUT2D eigenvalue weighted by Crippen LogP contribution is 2.17. The maximum atomic E-state index is 11.6. The Bertz CT molecular complexity index is 661. The van der Waals surface area contributed by atoms with Crippen LogP contribution in [-0.4, -0.2) is 26.1 Å². The Labute approximate surface area is 114 Å². The van der Waals surface area contributed by atoms with E-state index in [1.54, 1.807) is 19.1 Å². The molecule has 0 aliphatic heterocycles. The molecular weight excluding hydrogens is 262 g/mol. The average Bonchev–Trinajstić information content (AvgIpc) is 2.86. The van der Waals surface area contributed by atoms with Crippen molar-refractivity contribution in [3.63, 3.8) is 0 Å². The van der Waals surface area contributed by atoms with Gasteiger partial charge in [-0.3, -0.25) is 9.63 Å². The topological polar surface area (TPSA) is 102 Å². The van der Waals surface area contributed by atoms with Crippen molar-refractivity contribution in [3.8, 4) is 5.69 Å². The number of tetrazole rings is 1. The smallest absolute Gasteiger partial charge is 0.273 e. The molecule has 106 valence electrons. The zero-order valence-corrected chi connectivity index (χ0v) is 11.2. The standard InChI is InChI=1S/C12H15N5O3/c1-3-11(18)14-20-7-9-8(2)5-4-6-10(9)17-12(19)13-15-16-17/h4-6H,3,7H2,1-2H3,(H,14,18)(H,13,16,19). The molecule has 1 heterocycles. The summed E-state index contributed by atoms with van der Waals surface area (Å²) in [6.45, 7) is 3.74. The Kier molecular flexibility index (Phi) is 4.26. The number of rotatable bonds is 5. The highest BCUT2D eigenvalue weighted by molar-refractivity contribution is 5.74. The Morgan fingerprint density at radius 3 is 2.95 bits per heavy atom. The van der Waals surface area contributed by atoms with Gasteiger partial charge in [0, 0.05) is 12.0 Å². The lowest BCUT2D eigenvalue weighted by atomic mass is 10.1. The van der Waals surface area contributed by atoms with Crippen LogP contribution in [0.3, 0.4) is 0 Å². The number of hydrogen-bond donors (Lipinski definition) is 2. The number of carbonyl (C=O) groups is 1.